The number of aliphatic hydroxyl groups is 1. The number of hydrogen-bond donors (Lipinski definition) is 2. The van der Waals surface area contributed by atoms with Crippen molar-refractivity contribution < 1.29 is 13.5 Å². The van der Waals surface area contributed by atoms with Crippen molar-refractivity contribution in [2.45, 2.75) is 30.3 Å². The minimum atomic E-state index is -3.54. The first-order valence-corrected chi connectivity index (χ1v) is 8.31. The third-order valence-electron chi connectivity index (χ3n) is 3.61. The third kappa shape index (κ3) is 3.83. The first kappa shape index (κ1) is 16.0. The highest BCUT2D eigenvalue weighted by atomic mass is 32.2. The number of rotatable bonds is 2. The summed E-state index contributed by atoms with van der Waals surface area (Å²) in [5.74, 6) is 5.54. The first-order valence-electron chi connectivity index (χ1n) is 6.87. The second-order valence-electron chi connectivity index (χ2n) is 5.43. The fourth-order valence-corrected chi connectivity index (χ4v) is 3.73. The van der Waals surface area contributed by atoms with Gasteiger partial charge in [0.05, 0.1) is 17.0 Å². The Morgan fingerprint density at radius 1 is 1.38 bits per heavy atom. The summed E-state index contributed by atoms with van der Waals surface area (Å²) < 4.78 is 26.6. The quantitative estimate of drug-likeness (QED) is 0.781. The van der Waals surface area contributed by atoms with Crippen LogP contribution in [0.2, 0.25) is 0 Å². The molecule has 0 atom stereocenters. The van der Waals surface area contributed by atoms with E-state index in [1.54, 1.807) is 31.2 Å². The minimum absolute atomic E-state index is 0.230. The number of piperidine rings is 1. The number of nitrogens with two attached hydrogens (primary N) is 1. The Kier molecular flexibility index (Phi) is 4.69. The van der Waals surface area contributed by atoms with Crippen LogP contribution in [0.25, 0.3) is 0 Å². The average Bonchev–Trinajstić information content (AvgIpc) is 2.45. The van der Waals surface area contributed by atoms with Crippen molar-refractivity contribution in [2.75, 3.05) is 19.6 Å². The molecule has 2 rings (SSSR count). The van der Waals surface area contributed by atoms with Crippen molar-refractivity contribution in [3.63, 3.8) is 0 Å². The molecule has 1 saturated heterocycles. The van der Waals surface area contributed by atoms with Crippen LogP contribution >= 0.6 is 0 Å². The summed E-state index contributed by atoms with van der Waals surface area (Å²) in [5.41, 5.74) is 5.17. The SMILES string of the molecule is CC1(O)CCN(S(=O)(=O)c2cccc(C#CCN)c2)CC1. The van der Waals surface area contributed by atoms with Crippen LogP contribution in [0.3, 0.4) is 0 Å². The van der Waals surface area contributed by atoms with E-state index in [1.165, 1.54) is 4.31 Å². The molecule has 1 aromatic carbocycles. The van der Waals surface area contributed by atoms with Gasteiger partial charge in [0.15, 0.2) is 0 Å². The molecule has 1 aliphatic heterocycles. The van der Waals surface area contributed by atoms with E-state index in [4.69, 9.17) is 5.73 Å². The molecule has 6 heteroatoms. The summed E-state index contributed by atoms with van der Waals surface area (Å²) in [6.07, 6.45) is 0.887. The molecule has 0 aliphatic carbocycles. The fraction of sp³-hybridized carbons (Fsp3) is 0.467. The highest BCUT2D eigenvalue weighted by Crippen LogP contribution is 2.26. The van der Waals surface area contributed by atoms with Gasteiger partial charge in [0.1, 0.15) is 0 Å². The van der Waals surface area contributed by atoms with E-state index >= 15 is 0 Å². The zero-order valence-electron chi connectivity index (χ0n) is 12.0. The van der Waals surface area contributed by atoms with Gasteiger partial charge in [0.25, 0.3) is 0 Å². The Bertz CT molecular complexity index is 662. The molecule has 114 valence electrons. The van der Waals surface area contributed by atoms with Crippen molar-refractivity contribution in [2.24, 2.45) is 5.73 Å². The number of sulfonamides is 1. The van der Waals surface area contributed by atoms with Gasteiger partial charge in [-0.3, -0.25) is 0 Å². The van der Waals surface area contributed by atoms with E-state index in [2.05, 4.69) is 11.8 Å². The molecule has 1 fully saturated rings. The van der Waals surface area contributed by atoms with Crippen molar-refractivity contribution in [3.8, 4) is 11.8 Å². The molecule has 1 aliphatic rings. The van der Waals surface area contributed by atoms with Crippen LogP contribution in [0, 0.1) is 11.8 Å². The molecular formula is C15H20N2O3S. The van der Waals surface area contributed by atoms with Gasteiger partial charge >= 0.3 is 0 Å². The molecule has 1 heterocycles. The van der Waals surface area contributed by atoms with Gasteiger partial charge in [-0.1, -0.05) is 17.9 Å². The van der Waals surface area contributed by atoms with Gasteiger partial charge in [-0.25, -0.2) is 8.42 Å². The summed E-state index contributed by atoms with van der Waals surface area (Å²) in [7, 11) is -3.54. The highest BCUT2D eigenvalue weighted by molar-refractivity contribution is 7.89. The topological polar surface area (TPSA) is 83.6 Å². The molecule has 0 bridgehead atoms. The van der Waals surface area contributed by atoms with E-state index in [-0.39, 0.29) is 11.4 Å². The van der Waals surface area contributed by atoms with Gasteiger partial charge in [-0.05, 0) is 38.0 Å². The van der Waals surface area contributed by atoms with Crippen molar-refractivity contribution in [1.82, 2.24) is 4.31 Å². The maximum absolute atomic E-state index is 12.6. The summed E-state index contributed by atoms with van der Waals surface area (Å²) >= 11 is 0. The molecule has 0 saturated carbocycles. The molecule has 21 heavy (non-hydrogen) atoms. The summed E-state index contributed by atoms with van der Waals surface area (Å²) in [5, 5.41) is 9.92. The van der Waals surface area contributed by atoms with Crippen molar-refractivity contribution in [3.05, 3.63) is 29.8 Å². The van der Waals surface area contributed by atoms with Crippen LogP contribution < -0.4 is 5.73 Å². The molecule has 5 nitrogen and oxygen atoms in total. The number of benzene rings is 1. The van der Waals surface area contributed by atoms with Crippen molar-refractivity contribution in [1.29, 1.82) is 0 Å². The Morgan fingerprint density at radius 2 is 2.05 bits per heavy atom. The van der Waals surface area contributed by atoms with Crippen LogP contribution in [0.15, 0.2) is 29.2 Å². The summed E-state index contributed by atoms with van der Waals surface area (Å²) in [6, 6.07) is 6.55. The van der Waals surface area contributed by atoms with Crippen LogP contribution in [0.4, 0.5) is 0 Å². The minimum Gasteiger partial charge on any atom is -0.390 e. The molecule has 0 amide bonds. The van der Waals surface area contributed by atoms with Crippen LogP contribution in [-0.2, 0) is 10.0 Å². The molecule has 0 aromatic heterocycles. The van der Waals surface area contributed by atoms with Crippen molar-refractivity contribution >= 4 is 10.0 Å². The molecule has 0 radical (unpaired) electrons. The lowest BCUT2D eigenvalue weighted by Gasteiger charge is -2.34. The Labute approximate surface area is 125 Å². The normalized spacial score (nSPS) is 18.8. The Balaban J connectivity index is 2.24. The van der Waals surface area contributed by atoms with Crippen LogP contribution in [0.1, 0.15) is 25.3 Å². The fourth-order valence-electron chi connectivity index (χ4n) is 2.24. The van der Waals surface area contributed by atoms with E-state index in [1.807, 2.05) is 0 Å². The van der Waals surface area contributed by atoms with E-state index < -0.39 is 15.6 Å². The van der Waals surface area contributed by atoms with Gasteiger partial charge in [-0.2, -0.15) is 4.31 Å². The predicted molar refractivity (Wildman–Crippen MR) is 81.0 cm³/mol. The second-order valence-corrected chi connectivity index (χ2v) is 7.37. The Hall–Kier alpha value is -1.39. The second kappa shape index (κ2) is 6.16. The van der Waals surface area contributed by atoms with Gasteiger partial charge in [-0.15, -0.1) is 0 Å². The molecule has 0 spiro atoms. The Morgan fingerprint density at radius 3 is 2.67 bits per heavy atom. The zero-order valence-corrected chi connectivity index (χ0v) is 12.9. The largest absolute Gasteiger partial charge is 0.390 e. The molecule has 3 N–H and O–H groups in total. The summed E-state index contributed by atoms with van der Waals surface area (Å²) in [4.78, 5) is 0.230. The number of hydrogen-bond acceptors (Lipinski definition) is 4. The van der Waals surface area contributed by atoms with Gasteiger partial charge < -0.3 is 10.8 Å². The average molecular weight is 308 g/mol. The molecule has 1 aromatic rings. The zero-order chi connectivity index (χ0) is 15.5. The van der Waals surface area contributed by atoms with E-state index in [0.717, 1.165) is 0 Å². The van der Waals surface area contributed by atoms with E-state index in [9.17, 15) is 13.5 Å². The molecular weight excluding hydrogens is 288 g/mol. The smallest absolute Gasteiger partial charge is 0.243 e. The van der Waals surface area contributed by atoms with Crippen LogP contribution in [0.5, 0.6) is 0 Å². The lowest BCUT2D eigenvalue weighted by molar-refractivity contribution is 0.0126. The first-order chi connectivity index (χ1) is 9.85. The molecule has 0 unspecified atom stereocenters. The maximum atomic E-state index is 12.6. The van der Waals surface area contributed by atoms with E-state index in [0.29, 0.717) is 31.5 Å². The lowest BCUT2D eigenvalue weighted by Crippen LogP contribution is -2.45. The van der Waals surface area contributed by atoms with Gasteiger partial charge in [0, 0.05) is 18.7 Å². The summed E-state index contributed by atoms with van der Waals surface area (Å²) in [6.45, 7) is 2.63. The number of nitrogens with zero attached hydrogens (tertiary/aromatic N) is 1. The van der Waals surface area contributed by atoms with Crippen LogP contribution in [-0.4, -0.2) is 43.1 Å². The monoisotopic (exact) mass is 308 g/mol. The maximum Gasteiger partial charge on any atom is 0.243 e. The van der Waals surface area contributed by atoms with Gasteiger partial charge in [0.2, 0.25) is 10.0 Å². The standard InChI is InChI=1S/C15H20N2O3S/c1-15(18)7-10-17(11-8-15)21(19,20)14-6-2-4-13(12-14)5-3-9-16/h2,4,6,12,18H,7-11,16H2,1H3. The highest BCUT2D eigenvalue weighted by Gasteiger charge is 2.33. The third-order valence-corrected chi connectivity index (χ3v) is 5.50. The lowest BCUT2D eigenvalue weighted by atomic mass is 9.95. The predicted octanol–water partition coefficient (Wildman–Crippen LogP) is 0.532.